The molecule has 0 bridgehead atoms. The minimum absolute atomic E-state index is 0.240. The maximum absolute atomic E-state index is 12.9. The highest BCUT2D eigenvalue weighted by atomic mass is 32.1. The van der Waals surface area contributed by atoms with Crippen molar-refractivity contribution < 1.29 is 4.39 Å². The third kappa shape index (κ3) is 2.70. The third-order valence-electron chi connectivity index (χ3n) is 2.94. The number of thiazole rings is 1. The number of nitrogens with one attached hydrogen (secondary N) is 1. The van der Waals surface area contributed by atoms with Gasteiger partial charge >= 0.3 is 0 Å². The van der Waals surface area contributed by atoms with Crippen LogP contribution in [0.15, 0.2) is 54.6 Å². The molecule has 100 valence electrons. The van der Waals surface area contributed by atoms with Crippen molar-refractivity contribution in [2.45, 2.75) is 6.92 Å². The van der Waals surface area contributed by atoms with Crippen molar-refractivity contribution in [1.82, 2.24) is 4.98 Å². The summed E-state index contributed by atoms with van der Waals surface area (Å²) < 4.78 is 12.9. The number of benzene rings is 2. The summed E-state index contributed by atoms with van der Waals surface area (Å²) in [5.41, 5.74) is 2.92. The van der Waals surface area contributed by atoms with Crippen LogP contribution >= 0.6 is 11.3 Å². The molecule has 0 aliphatic rings. The lowest BCUT2D eigenvalue weighted by Crippen LogP contribution is -1.89. The minimum Gasteiger partial charge on any atom is -0.332 e. The monoisotopic (exact) mass is 284 g/mol. The van der Waals surface area contributed by atoms with E-state index in [-0.39, 0.29) is 5.82 Å². The van der Waals surface area contributed by atoms with Crippen molar-refractivity contribution >= 4 is 22.2 Å². The van der Waals surface area contributed by atoms with Crippen LogP contribution in [0.25, 0.3) is 11.3 Å². The quantitative estimate of drug-likeness (QED) is 0.732. The summed E-state index contributed by atoms with van der Waals surface area (Å²) in [6.45, 7) is 2.05. The Hall–Kier alpha value is -2.20. The van der Waals surface area contributed by atoms with Crippen molar-refractivity contribution in [3.63, 3.8) is 0 Å². The molecule has 4 heteroatoms. The molecule has 0 amide bonds. The topological polar surface area (TPSA) is 24.9 Å². The molecule has 0 saturated carbocycles. The first-order valence-corrected chi connectivity index (χ1v) is 7.09. The van der Waals surface area contributed by atoms with Gasteiger partial charge in [-0.15, -0.1) is 11.3 Å². The highest BCUT2D eigenvalue weighted by Crippen LogP contribution is 2.31. The predicted octanol–water partition coefficient (Wildman–Crippen LogP) is 5.00. The third-order valence-corrected chi connectivity index (χ3v) is 3.83. The molecule has 3 aromatic rings. The van der Waals surface area contributed by atoms with E-state index < -0.39 is 0 Å². The number of aromatic nitrogens is 1. The molecule has 0 saturated heterocycles. The van der Waals surface area contributed by atoms with E-state index in [0.29, 0.717) is 0 Å². The Morgan fingerprint density at radius 1 is 1.00 bits per heavy atom. The average molecular weight is 284 g/mol. The van der Waals surface area contributed by atoms with Crippen molar-refractivity contribution in [2.75, 3.05) is 5.32 Å². The van der Waals surface area contributed by atoms with E-state index in [4.69, 9.17) is 0 Å². The van der Waals surface area contributed by atoms with Gasteiger partial charge in [0.2, 0.25) is 0 Å². The first-order chi connectivity index (χ1) is 9.72. The molecule has 1 aromatic heterocycles. The summed E-state index contributed by atoms with van der Waals surface area (Å²) in [5.74, 6) is -0.240. The molecule has 20 heavy (non-hydrogen) atoms. The predicted molar refractivity (Wildman–Crippen MR) is 82.0 cm³/mol. The SMILES string of the molecule is Cc1sc(Nc2ccc(F)cc2)nc1-c1ccccc1. The Kier molecular flexibility index (Phi) is 3.48. The van der Waals surface area contributed by atoms with Gasteiger partial charge in [0, 0.05) is 16.1 Å². The van der Waals surface area contributed by atoms with Gasteiger partial charge in [-0.05, 0) is 31.2 Å². The number of hydrogen-bond acceptors (Lipinski definition) is 3. The summed E-state index contributed by atoms with van der Waals surface area (Å²) in [6, 6.07) is 16.4. The van der Waals surface area contributed by atoms with Crippen LogP contribution in [0.1, 0.15) is 4.88 Å². The first-order valence-electron chi connectivity index (χ1n) is 6.28. The van der Waals surface area contributed by atoms with Crippen LogP contribution in [-0.4, -0.2) is 4.98 Å². The van der Waals surface area contributed by atoms with Gasteiger partial charge < -0.3 is 5.32 Å². The molecular formula is C16H13FN2S. The van der Waals surface area contributed by atoms with E-state index in [1.807, 2.05) is 30.3 Å². The molecule has 0 spiro atoms. The number of hydrogen-bond donors (Lipinski definition) is 1. The second kappa shape index (κ2) is 5.43. The molecule has 2 aromatic carbocycles. The van der Waals surface area contributed by atoms with Gasteiger partial charge in [-0.1, -0.05) is 30.3 Å². The molecule has 1 N–H and O–H groups in total. The summed E-state index contributed by atoms with van der Waals surface area (Å²) in [7, 11) is 0. The zero-order valence-electron chi connectivity index (χ0n) is 10.9. The Bertz CT molecular complexity index is 705. The van der Waals surface area contributed by atoms with E-state index in [9.17, 15) is 4.39 Å². The second-order valence-electron chi connectivity index (χ2n) is 4.42. The Morgan fingerprint density at radius 3 is 2.40 bits per heavy atom. The molecule has 0 aliphatic carbocycles. The maximum atomic E-state index is 12.9. The van der Waals surface area contributed by atoms with Gasteiger partial charge in [-0.3, -0.25) is 0 Å². The molecule has 1 heterocycles. The Balaban J connectivity index is 1.87. The first kappa shape index (κ1) is 12.8. The fourth-order valence-electron chi connectivity index (χ4n) is 1.97. The van der Waals surface area contributed by atoms with Crippen molar-refractivity contribution in [1.29, 1.82) is 0 Å². The molecule has 0 fully saturated rings. The van der Waals surface area contributed by atoms with E-state index >= 15 is 0 Å². The van der Waals surface area contributed by atoms with Crippen LogP contribution in [0.5, 0.6) is 0 Å². The lowest BCUT2D eigenvalue weighted by Gasteiger charge is -2.01. The van der Waals surface area contributed by atoms with Crippen molar-refractivity contribution in [3.05, 3.63) is 65.3 Å². The smallest absolute Gasteiger partial charge is 0.187 e. The van der Waals surface area contributed by atoms with Crippen LogP contribution in [0.2, 0.25) is 0 Å². The maximum Gasteiger partial charge on any atom is 0.187 e. The summed E-state index contributed by atoms with van der Waals surface area (Å²) in [6.07, 6.45) is 0. The van der Waals surface area contributed by atoms with Crippen molar-refractivity contribution in [2.24, 2.45) is 0 Å². The summed E-state index contributed by atoms with van der Waals surface area (Å²) in [5, 5.41) is 4.02. The van der Waals surface area contributed by atoms with Gasteiger partial charge in [-0.2, -0.15) is 0 Å². The van der Waals surface area contributed by atoms with E-state index in [1.165, 1.54) is 12.1 Å². The zero-order valence-corrected chi connectivity index (χ0v) is 11.7. The number of rotatable bonds is 3. The molecule has 0 atom stereocenters. The molecular weight excluding hydrogens is 271 g/mol. The fourth-order valence-corrected chi connectivity index (χ4v) is 2.83. The average Bonchev–Trinajstić information content (AvgIpc) is 2.83. The molecule has 0 aliphatic heterocycles. The largest absolute Gasteiger partial charge is 0.332 e. The van der Waals surface area contributed by atoms with Crippen LogP contribution in [0.4, 0.5) is 15.2 Å². The van der Waals surface area contributed by atoms with Gasteiger partial charge in [0.15, 0.2) is 5.13 Å². The number of halogens is 1. The standard InChI is InChI=1S/C16H13FN2S/c1-11-15(12-5-3-2-4-6-12)19-16(20-11)18-14-9-7-13(17)8-10-14/h2-10H,1H3,(H,18,19). The van der Waals surface area contributed by atoms with Gasteiger partial charge in [-0.25, -0.2) is 9.37 Å². The van der Waals surface area contributed by atoms with Crippen LogP contribution in [0, 0.1) is 12.7 Å². The number of nitrogens with zero attached hydrogens (tertiary/aromatic N) is 1. The Labute approximate surface area is 120 Å². The van der Waals surface area contributed by atoms with Gasteiger partial charge in [0.05, 0.1) is 5.69 Å². The molecule has 0 unspecified atom stereocenters. The second-order valence-corrected chi connectivity index (χ2v) is 5.62. The molecule has 2 nitrogen and oxygen atoms in total. The van der Waals surface area contributed by atoms with Gasteiger partial charge in [0.1, 0.15) is 5.82 Å². The molecule has 3 rings (SSSR count). The summed E-state index contributed by atoms with van der Waals surface area (Å²) in [4.78, 5) is 5.76. The lowest BCUT2D eigenvalue weighted by atomic mass is 10.1. The van der Waals surface area contributed by atoms with Crippen molar-refractivity contribution in [3.8, 4) is 11.3 Å². The van der Waals surface area contributed by atoms with E-state index in [0.717, 1.165) is 27.0 Å². The van der Waals surface area contributed by atoms with E-state index in [2.05, 4.69) is 17.2 Å². The fraction of sp³-hybridized carbons (Fsp3) is 0.0625. The highest BCUT2D eigenvalue weighted by Gasteiger charge is 2.09. The van der Waals surface area contributed by atoms with E-state index in [1.54, 1.807) is 23.5 Å². The van der Waals surface area contributed by atoms with Crippen LogP contribution < -0.4 is 5.32 Å². The minimum atomic E-state index is -0.240. The van der Waals surface area contributed by atoms with Crippen LogP contribution in [-0.2, 0) is 0 Å². The normalized spacial score (nSPS) is 10.5. The molecule has 0 radical (unpaired) electrons. The number of anilines is 2. The lowest BCUT2D eigenvalue weighted by molar-refractivity contribution is 0.628. The van der Waals surface area contributed by atoms with Crippen LogP contribution in [0.3, 0.4) is 0 Å². The Morgan fingerprint density at radius 2 is 1.70 bits per heavy atom. The number of aryl methyl sites for hydroxylation is 1. The summed E-state index contributed by atoms with van der Waals surface area (Å²) >= 11 is 1.59. The van der Waals surface area contributed by atoms with Gasteiger partial charge in [0.25, 0.3) is 0 Å². The highest BCUT2D eigenvalue weighted by molar-refractivity contribution is 7.16. The zero-order chi connectivity index (χ0) is 13.9.